The van der Waals surface area contributed by atoms with Gasteiger partial charge in [0.15, 0.2) is 0 Å². The van der Waals surface area contributed by atoms with Gasteiger partial charge < -0.3 is 5.32 Å². The Morgan fingerprint density at radius 1 is 1.09 bits per heavy atom. The van der Waals surface area contributed by atoms with E-state index in [0.717, 1.165) is 24.8 Å². The summed E-state index contributed by atoms with van der Waals surface area (Å²) in [7, 11) is 0. The molecule has 1 N–H and O–H groups in total. The maximum absolute atomic E-state index is 13.3. The van der Waals surface area contributed by atoms with E-state index in [1.807, 2.05) is 36.4 Å². The van der Waals surface area contributed by atoms with E-state index in [9.17, 15) is 9.59 Å². The zero-order chi connectivity index (χ0) is 23.2. The minimum Gasteiger partial charge on any atom is -0.369 e. The van der Waals surface area contributed by atoms with Gasteiger partial charge in [0.25, 0.3) is 11.5 Å². The largest absolute Gasteiger partial charge is 0.369 e. The number of nitrogens with one attached hydrogen (secondary N) is 1. The molecule has 3 aromatic rings. The van der Waals surface area contributed by atoms with Crippen LogP contribution < -0.4 is 10.9 Å². The third-order valence-electron chi connectivity index (χ3n) is 5.46. The molecule has 0 saturated carbocycles. The number of thioether (sulfide) groups is 1. The molecule has 0 aliphatic carbocycles. The Balaban J connectivity index is 1.62. The first-order valence-corrected chi connectivity index (χ1v) is 12.4. The molecule has 0 spiro atoms. The minimum absolute atomic E-state index is 0.171. The Bertz CT molecular complexity index is 1250. The summed E-state index contributed by atoms with van der Waals surface area (Å²) in [6, 6.07) is 15.4. The third-order valence-corrected chi connectivity index (χ3v) is 6.84. The zero-order valence-corrected chi connectivity index (χ0v) is 20.1. The van der Waals surface area contributed by atoms with E-state index < -0.39 is 0 Å². The van der Waals surface area contributed by atoms with Crippen LogP contribution in [-0.4, -0.2) is 37.6 Å². The number of aromatic nitrogens is 2. The maximum Gasteiger partial charge on any atom is 0.267 e. The fourth-order valence-electron chi connectivity index (χ4n) is 3.66. The molecule has 1 aliphatic rings. The number of hydrogen-bond acceptors (Lipinski definition) is 6. The van der Waals surface area contributed by atoms with Crippen molar-refractivity contribution in [3.63, 3.8) is 0 Å². The second kappa shape index (κ2) is 10.8. The Morgan fingerprint density at radius 2 is 1.88 bits per heavy atom. The van der Waals surface area contributed by atoms with Gasteiger partial charge in [0.2, 0.25) is 0 Å². The molecule has 1 saturated heterocycles. The lowest BCUT2D eigenvalue weighted by atomic mass is 10.1. The number of hydrogen-bond donors (Lipinski definition) is 1. The van der Waals surface area contributed by atoms with Crippen LogP contribution in [-0.2, 0) is 11.2 Å². The molecular weight excluding hydrogens is 452 g/mol. The summed E-state index contributed by atoms with van der Waals surface area (Å²) < 4.78 is 2.01. The van der Waals surface area contributed by atoms with Gasteiger partial charge in [0.1, 0.15) is 15.8 Å². The number of rotatable bonds is 9. The molecule has 8 heteroatoms. The van der Waals surface area contributed by atoms with Crippen molar-refractivity contribution in [1.29, 1.82) is 0 Å². The number of thiocarbonyl (C=S) groups is 1. The molecular formula is C25H26N4O2S2. The highest BCUT2D eigenvalue weighted by atomic mass is 32.2. The first kappa shape index (κ1) is 23.2. The maximum atomic E-state index is 13.3. The van der Waals surface area contributed by atoms with Crippen molar-refractivity contribution in [2.24, 2.45) is 0 Å². The Morgan fingerprint density at radius 3 is 2.67 bits per heavy atom. The van der Waals surface area contributed by atoms with Crippen molar-refractivity contribution in [1.82, 2.24) is 14.3 Å². The fraction of sp³-hybridized carbons (Fsp3) is 0.280. The van der Waals surface area contributed by atoms with Crippen LogP contribution in [0.15, 0.2) is 64.4 Å². The first-order valence-electron chi connectivity index (χ1n) is 11.1. The number of anilines is 1. The number of fused-ring (bicyclic) bond motifs is 1. The number of carbonyl (C=O) groups excluding carboxylic acids is 1. The lowest BCUT2D eigenvalue weighted by Crippen LogP contribution is -2.30. The molecule has 0 unspecified atom stereocenters. The average molecular weight is 479 g/mol. The van der Waals surface area contributed by atoms with E-state index in [-0.39, 0.29) is 11.5 Å². The highest BCUT2D eigenvalue weighted by molar-refractivity contribution is 8.26. The Kier molecular flexibility index (Phi) is 7.57. The van der Waals surface area contributed by atoms with Crippen molar-refractivity contribution < 1.29 is 4.79 Å². The van der Waals surface area contributed by atoms with E-state index in [1.54, 1.807) is 29.3 Å². The van der Waals surface area contributed by atoms with Crippen LogP contribution in [0.2, 0.25) is 0 Å². The van der Waals surface area contributed by atoms with Crippen LogP contribution in [0.1, 0.15) is 37.3 Å². The van der Waals surface area contributed by atoms with Crippen LogP contribution in [0.4, 0.5) is 5.82 Å². The van der Waals surface area contributed by atoms with Gasteiger partial charge in [0.05, 0.1) is 10.5 Å². The number of benzene rings is 1. The van der Waals surface area contributed by atoms with E-state index in [4.69, 9.17) is 12.2 Å². The van der Waals surface area contributed by atoms with Gasteiger partial charge in [-0.2, -0.15) is 0 Å². The molecule has 1 fully saturated rings. The highest BCUT2D eigenvalue weighted by Crippen LogP contribution is 2.33. The van der Waals surface area contributed by atoms with Gasteiger partial charge in [-0.15, -0.1) is 0 Å². The van der Waals surface area contributed by atoms with E-state index in [0.29, 0.717) is 45.8 Å². The Labute approximate surface area is 202 Å². The molecule has 1 aliphatic heterocycles. The molecule has 1 aromatic carbocycles. The molecule has 0 bridgehead atoms. The predicted molar refractivity (Wildman–Crippen MR) is 140 cm³/mol. The van der Waals surface area contributed by atoms with E-state index in [2.05, 4.69) is 17.2 Å². The van der Waals surface area contributed by atoms with Gasteiger partial charge in [-0.25, -0.2) is 4.98 Å². The molecule has 4 rings (SSSR count). The number of amides is 1. The van der Waals surface area contributed by atoms with Crippen molar-refractivity contribution in [2.75, 3.05) is 18.4 Å². The summed E-state index contributed by atoms with van der Waals surface area (Å²) in [6.45, 7) is 3.36. The summed E-state index contributed by atoms with van der Waals surface area (Å²) in [5, 5.41) is 3.30. The fourth-order valence-corrected chi connectivity index (χ4v) is 4.95. The van der Waals surface area contributed by atoms with Crippen LogP contribution >= 0.6 is 24.0 Å². The standard InChI is InChI=1S/C25H26N4O2S2/c1-2-3-8-14-26-22-19(23(30)28-15-9-7-12-21(28)27-22)17-20-24(31)29(25(32)33-20)16-13-18-10-5-4-6-11-18/h4-7,9-12,15,17,26H,2-3,8,13-14,16H2,1H3/b20-17+. The lowest BCUT2D eigenvalue weighted by molar-refractivity contribution is -0.122. The topological polar surface area (TPSA) is 66.7 Å². The predicted octanol–water partition coefficient (Wildman–Crippen LogP) is 4.74. The van der Waals surface area contributed by atoms with Gasteiger partial charge in [-0.05, 0) is 36.6 Å². The van der Waals surface area contributed by atoms with E-state index >= 15 is 0 Å². The van der Waals surface area contributed by atoms with Crippen LogP contribution in [0.5, 0.6) is 0 Å². The summed E-state index contributed by atoms with van der Waals surface area (Å²) in [6.07, 6.45) is 7.22. The normalized spacial score (nSPS) is 15.1. The monoisotopic (exact) mass is 478 g/mol. The molecule has 1 amide bonds. The van der Waals surface area contributed by atoms with Crippen molar-refractivity contribution in [2.45, 2.75) is 32.6 Å². The highest BCUT2D eigenvalue weighted by Gasteiger charge is 2.32. The summed E-state index contributed by atoms with van der Waals surface area (Å²) in [5.41, 5.74) is 1.87. The number of carbonyl (C=O) groups is 1. The first-order chi connectivity index (χ1) is 16.1. The summed E-state index contributed by atoms with van der Waals surface area (Å²) in [4.78, 5) is 33.1. The second-order valence-corrected chi connectivity index (χ2v) is 9.49. The molecule has 33 heavy (non-hydrogen) atoms. The lowest BCUT2D eigenvalue weighted by Gasteiger charge is -2.14. The molecule has 2 aromatic heterocycles. The smallest absolute Gasteiger partial charge is 0.267 e. The van der Waals surface area contributed by atoms with Gasteiger partial charge in [-0.3, -0.25) is 18.9 Å². The number of pyridine rings is 1. The quantitative estimate of drug-likeness (QED) is 0.272. The summed E-state index contributed by atoms with van der Waals surface area (Å²) >= 11 is 6.71. The van der Waals surface area contributed by atoms with Crippen molar-refractivity contribution in [3.05, 3.63) is 81.1 Å². The average Bonchev–Trinajstić information content (AvgIpc) is 3.10. The SMILES string of the molecule is CCCCCNc1nc2ccccn2c(=O)c1/C=C1/SC(=S)N(CCc2ccccc2)C1=O. The molecule has 3 heterocycles. The van der Waals surface area contributed by atoms with Crippen LogP contribution in [0.25, 0.3) is 11.7 Å². The van der Waals surface area contributed by atoms with Crippen molar-refractivity contribution >= 4 is 51.7 Å². The van der Waals surface area contributed by atoms with Gasteiger partial charge in [-0.1, -0.05) is 80.1 Å². The molecule has 6 nitrogen and oxygen atoms in total. The minimum atomic E-state index is -0.215. The van der Waals surface area contributed by atoms with Crippen LogP contribution in [0, 0.1) is 0 Å². The Hall–Kier alpha value is -2.97. The van der Waals surface area contributed by atoms with Crippen LogP contribution in [0.3, 0.4) is 0 Å². The van der Waals surface area contributed by atoms with E-state index in [1.165, 1.54) is 16.2 Å². The molecule has 0 radical (unpaired) electrons. The number of nitrogens with zero attached hydrogens (tertiary/aromatic N) is 3. The molecule has 0 atom stereocenters. The molecule has 170 valence electrons. The zero-order valence-electron chi connectivity index (χ0n) is 18.5. The van der Waals surface area contributed by atoms with Gasteiger partial charge in [0, 0.05) is 19.3 Å². The summed E-state index contributed by atoms with van der Waals surface area (Å²) in [5.74, 6) is 0.326. The number of unbranched alkanes of at least 4 members (excludes halogenated alkanes) is 2. The van der Waals surface area contributed by atoms with Crippen molar-refractivity contribution in [3.8, 4) is 0 Å². The van der Waals surface area contributed by atoms with Gasteiger partial charge >= 0.3 is 0 Å². The third kappa shape index (κ3) is 5.34. The second-order valence-electron chi connectivity index (χ2n) is 7.81.